The fourth-order valence-corrected chi connectivity index (χ4v) is 3.15. The molecule has 0 unspecified atom stereocenters. The van der Waals surface area contributed by atoms with Crippen molar-refractivity contribution >= 4 is 11.7 Å². The second-order valence-corrected chi connectivity index (χ2v) is 6.93. The van der Waals surface area contributed by atoms with Crippen LogP contribution in [0.4, 0.5) is 5.82 Å². The van der Waals surface area contributed by atoms with Gasteiger partial charge < -0.3 is 9.80 Å². The van der Waals surface area contributed by atoms with Crippen LogP contribution in [0.25, 0.3) is 0 Å². The van der Waals surface area contributed by atoms with Crippen molar-refractivity contribution in [3.63, 3.8) is 0 Å². The van der Waals surface area contributed by atoms with Crippen LogP contribution in [0, 0.1) is 6.92 Å². The van der Waals surface area contributed by atoms with E-state index in [0.29, 0.717) is 32.1 Å². The first-order valence-corrected chi connectivity index (χ1v) is 9.01. The number of aromatic nitrogens is 4. The van der Waals surface area contributed by atoms with E-state index < -0.39 is 0 Å². The standard InChI is InChI=1S/C18H22N6O2/c1-13-2-6-16(20-19-13)22-8-10-23(11-9-22)18(26)12-24-17(25)7-5-15(21-24)14-3-4-14/h2,5-7,14H,3-4,8-12H2,1H3. The Morgan fingerprint density at radius 3 is 2.50 bits per heavy atom. The fraction of sp³-hybridized carbons (Fsp3) is 0.500. The number of hydrogen-bond acceptors (Lipinski definition) is 6. The molecule has 2 aromatic heterocycles. The van der Waals surface area contributed by atoms with Crippen LogP contribution >= 0.6 is 0 Å². The SMILES string of the molecule is Cc1ccc(N2CCN(C(=O)Cn3nc(C4CC4)ccc3=O)CC2)nn1. The van der Waals surface area contributed by atoms with E-state index in [2.05, 4.69) is 20.2 Å². The molecule has 1 saturated heterocycles. The maximum absolute atomic E-state index is 12.6. The number of carbonyl (C=O) groups excluding carboxylic acids is 1. The lowest BCUT2D eigenvalue weighted by Gasteiger charge is -2.35. The lowest BCUT2D eigenvalue weighted by molar-refractivity contribution is -0.132. The second-order valence-electron chi connectivity index (χ2n) is 6.93. The predicted octanol–water partition coefficient (Wildman–Crippen LogP) is 0.568. The van der Waals surface area contributed by atoms with Crippen molar-refractivity contribution in [1.29, 1.82) is 0 Å². The Balaban J connectivity index is 1.37. The molecule has 136 valence electrons. The van der Waals surface area contributed by atoms with Gasteiger partial charge in [0, 0.05) is 38.2 Å². The zero-order valence-corrected chi connectivity index (χ0v) is 14.8. The zero-order valence-electron chi connectivity index (χ0n) is 14.8. The van der Waals surface area contributed by atoms with Crippen molar-refractivity contribution in [2.45, 2.75) is 32.2 Å². The summed E-state index contributed by atoms with van der Waals surface area (Å²) in [7, 11) is 0. The Labute approximate surface area is 151 Å². The summed E-state index contributed by atoms with van der Waals surface area (Å²) in [6.45, 7) is 4.52. The van der Waals surface area contributed by atoms with Crippen LogP contribution in [0.5, 0.6) is 0 Å². The molecule has 0 radical (unpaired) electrons. The van der Waals surface area contributed by atoms with Gasteiger partial charge in [0.05, 0.1) is 11.4 Å². The summed E-state index contributed by atoms with van der Waals surface area (Å²) >= 11 is 0. The fourth-order valence-electron chi connectivity index (χ4n) is 3.15. The Morgan fingerprint density at radius 1 is 1.08 bits per heavy atom. The van der Waals surface area contributed by atoms with Crippen LogP contribution in [-0.4, -0.2) is 57.0 Å². The number of aryl methyl sites for hydroxylation is 1. The first-order chi connectivity index (χ1) is 12.6. The molecule has 8 nitrogen and oxygen atoms in total. The van der Waals surface area contributed by atoms with Gasteiger partial charge in [-0.15, -0.1) is 5.10 Å². The molecule has 0 atom stereocenters. The summed E-state index contributed by atoms with van der Waals surface area (Å²) in [5.74, 6) is 1.22. The molecule has 4 rings (SSSR count). The van der Waals surface area contributed by atoms with E-state index in [1.807, 2.05) is 19.1 Å². The minimum atomic E-state index is -0.226. The number of hydrogen-bond donors (Lipinski definition) is 0. The molecule has 26 heavy (non-hydrogen) atoms. The Bertz CT molecular complexity index is 851. The molecule has 1 aliphatic heterocycles. The third-order valence-corrected chi connectivity index (χ3v) is 4.91. The zero-order chi connectivity index (χ0) is 18.1. The maximum atomic E-state index is 12.6. The molecule has 2 fully saturated rings. The van der Waals surface area contributed by atoms with Crippen molar-refractivity contribution in [2.75, 3.05) is 31.1 Å². The van der Waals surface area contributed by atoms with Crippen LogP contribution in [0.2, 0.25) is 0 Å². The topological polar surface area (TPSA) is 84.2 Å². The van der Waals surface area contributed by atoms with Crippen molar-refractivity contribution in [2.24, 2.45) is 0 Å². The Hall–Kier alpha value is -2.77. The Morgan fingerprint density at radius 2 is 1.85 bits per heavy atom. The molecule has 1 saturated carbocycles. The second kappa shape index (κ2) is 6.86. The molecule has 0 spiro atoms. The molecule has 8 heteroatoms. The third kappa shape index (κ3) is 3.58. The first kappa shape index (κ1) is 16.7. The highest BCUT2D eigenvalue weighted by atomic mass is 16.2. The van der Waals surface area contributed by atoms with E-state index in [1.165, 1.54) is 10.7 Å². The number of carbonyl (C=O) groups is 1. The average molecular weight is 354 g/mol. The molecule has 1 aliphatic carbocycles. The minimum absolute atomic E-state index is 0.00370. The monoisotopic (exact) mass is 354 g/mol. The minimum Gasteiger partial charge on any atom is -0.352 e. The van der Waals surface area contributed by atoms with Gasteiger partial charge in [-0.05, 0) is 38.0 Å². The number of piperazine rings is 1. The van der Waals surface area contributed by atoms with Crippen molar-refractivity contribution in [3.8, 4) is 0 Å². The van der Waals surface area contributed by atoms with Gasteiger partial charge in [0.25, 0.3) is 5.56 Å². The molecule has 0 aromatic carbocycles. The van der Waals surface area contributed by atoms with Gasteiger partial charge in [-0.3, -0.25) is 9.59 Å². The molecule has 0 bridgehead atoms. The molecule has 2 aliphatic rings. The van der Waals surface area contributed by atoms with Crippen LogP contribution < -0.4 is 10.5 Å². The summed E-state index contributed by atoms with van der Waals surface area (Å²) < 4.78 is 1.30. The molecular weight excluding hydrogens is 332 g/mol. The summed E-state index contributed by atoms with van der Waals surface area (Å²) in [6, 6.07) is 7.18. The highest BCUT2D eigenvalue weighted by molar-refractivity contribution is 5.76. The van der Waals surface area contributed by atoms with Crippen LogP contribution in [0.1, 0.15) is 30.1 Å². The molecular formula is C18H22N6O2. The number of amides is 1. The smallest absolute Gasteiger partial charge is 0.267 e. The third-order valence-electron chi connectivity index (χ3n) is 4.91. The van der Waals surface area contributed by atoms with Gasteiger partial charge in [-0.25, -0.2) is 4.68 Å². The average Bonchev–Trinajstić information content (AvgIpc) is 3.49. The highest BCUT2D eigenvalue weighted by Gasteiger charge is 2.26. The van der Waals surface area contributed by atoms with E-state index in [1.54, 1.807) is 11.0 Å². The van der Waals surface area contributed by atoms with Crippen molar-refractivity contribution in [3.05, 3.63) is 46.0 Å². The molecule has 3 heterocycles. The molecule has 0 N–H and O–H groups in total. The van der Waals surface area contributed by atoms with Crippen LogP contribution in [-0.2, 0) is 11.3 Å². The van der Waals surface area contributed by atoms with Crippen molar-refractivity contribution in [1.82, 2.24) is 24.9 Å². The number of nitrogens with zero attached hydrogens (tertiary/aromatic N) is 6. The van der Waals surface area contributed by atoms with Gasteiger partial charge in [0.1, 0.15) is 6.54 Å². The molecule has 1 amide bonds. The lowest BCUT2D eigenvalue weighted by atomic mass is 10.3. The summed E-state index contributed by atoms with van der Waals surface area (Å²) in [5, 5.41) is 12.7. The van der Waals surface area contributed by atoms with Gasteiger partial charge in [0.2, 0.25) is 5.91 Å². The largest absolute Gasteiger partial charge is 0.352 e. The maximum Gasteiger partial charge on any atom is 0.267 e. The van der Waals surface area contributed by atoms with E-state index in [4.69, 9.17) is 0 Å². The van der Waals surface area contributed by atoms with Crippen LogP contribution in [0.3, 0.4) is 0 Å². The summed E-state index contributed by atoms with van der Waals surface area (Å²) in [4.78, 5) is 28.5. The van der Waals surface area contributed by atoms with Gasteiger partial charge in [-0.2, -0.15) is 10.2 Å². The van der Waals surface area contributed by atoms with Crippen LogP contribution in [0.15, 0.2) is 29.1 Å². The van der Waals surface area contributed by atoms with E-state index >= 15 is 0 Å². The van der Waals surface area contributed by atoms with E-state index in [-0.39, 0.29) is 18.0 Å². The molecule has 2 aromatic rings. The highest BCUT2D eigenvalue weighted by Crippen LogP contribution is 2.38. The number of anilines is 1. The Kier molecular flexibility index (Phi) is 4.40. The first-order valence-electron chi connectivity index (χ1n) is 9.01. The van der Waals surface area contributed by atoms with Gasteiger partial charge in [-0.1, -0.05) is 0 Å². The van der Waals surface area contributed by atoms with Gasteiger partial charge >= 0.3 is 0 Å². The normalized spacial score (nSPS) is 17.4. The van der Waals surface area contributed by atoms with Crippen molar-refractivity contribution < 1.29 is 4.79 Å². The predicted molar refractivity (Wildman–Crippen MR) is 96.0 cm³/mol. The number of rotatable bonds is 4. The summed E-state index contributed by atoms with van der Waals surface area (Å²) in [6.07, 6.45) is 2.23. The van der Waals surface area contributed by atoms with Gasteiger partial charge in [0.15, 0.2) is 5.82 Å². The van der Waals surface area contributed by atoms with E-state index in [0.717, 1.165) is 30.0 Å². The summed E-state index contributed by atoms with van der Waals surface area (Å²) in [5.41, 5.74) is 1.57. The van der Waals surface area contributed by atoms with E-state index in [9.17, 15) is 9.59 Å². The quantitative estimate of drug-likeness (QED) is 0.798. The lowest BCUT2D eigenvalue weighted by Crippen LogP contribution is -2.50.